The van der Waals surface area contributed by atoms with Crippen molar-refractivity contribution in [1.29, 1.82) is 0 Å². The molecule has 1 aliphatic rings. The van der Waals surface area contributed by atoms with Crippen LogP contribution in [0.3, 0.4) is 0 Å². The number of piperazine rings is 1. The van der Waals surface area contributed by atoms with Crippen molar-refractivity contribution in [2.75, 3.05) is 51.3 Å². The Bertz CT molecular complexity index is 1090. The lowest BCUT2D eigenvalue weighted by Gasteiger charge is -2.35. The second kappa shape index (κ2) is 9.56. The van der Waals surface area contributed by atoms with Gasteiger partial charge in [-0.05, 0) is 36.4 Å². The van der Waals surface area contributed by atoms with Crippen LogP contribution in [0.1, 0.15) is 13.8 Å². The zero-order chi connectivity index (χ0) is 22.6. The molecule has 2 aromatic carbocycles. The molecule has 0 spiro atoms. The minimum Gasteiger partial charge on any atom is -0.495 e. The van der Waals surface area contributed by atoms with E-state index in [-0.39, 0.29) is 9.79 Å². The lowest BCUT2D eigenvalue weighted by atomic mass is 10.2. The summed E-state index contributed by atoms with van der Waals surface area (Å²) >= 11 is 0. The first-order chi connectivity index (χ1) is 14.7. The Kier molecular flexibility index (Phi) is 7.25. The average molecular weight is 468 g/mol. The fraction of sp³-hybridized carbons (Fsp3) is 0.429. The Balaban J connectivity index is 1.74. The molecule has 0 amide bonds. The molecule has 0 saturated carbocycles. The molecule has 2 aromatic rings. The van der Waals surface area contributed by atoms with Crippen LogP contribution in [0.25, 0.3) is 0 Å². The Morgan fingerprint density at radius 1 is 0.839 bits per heavy atom. The Morgan fingerprint density at radius 2 is 1.39 bits per heavy atom. The molecule has 0 atom stereocenters. The fourth-order valence-electron chi connectivity index (χ4n) is 3.71. The average Bonchev–Trinajstić information content (AvgIpc) is 2.80. The molecule has 31 heavy (non-hydrogen) atoms. The molecule has 8 nitrogen and oxygen atoms in total. The van der Waals surface area contributed by atoms with Gasteiger partial charge in [0, 0.05) is 39.3 Å². The maximum absolute atomic E-state index is 13.1. The van der Waals surface area contributed by atoms with Crippen LogP contribution in [-0.2, 0) is 20.0 Å². The molecule has 0 unspecified atom stereocenters. The first kappa shape index (κ1) is 23.5. The van der Waals surface area contributed by atoms with Gasteiger partial charge in [-0.25, -0.2) is 16.8 Å². The number of methoxy groups -OCH3 is 1. The number of rotatable bonds is 8. The van der Waals surface area contributed by atoms with Crippen molar-refractivity contribution in [3.05, 3.63) is 48.5 Å². The van der Waals surface area contributed by atoms with Gasteiger partial charge < -0.3 is 9.64 Å². The maximum atomic E-state index is 13.1. The summed E-state index contributed by atoms with van der Waals surface area (Å²) in [7, 11) is -5.72. The van der Waals surface area contributed by atoms with Crippen molar-refractivity contribution < 1.29 is 21.6 Å². The number of sulfonamides is 2. The number of benzene rings is 2. The SMILES string of the molecule is CCN(CC)S(=O)(=O)c1ccc(S(=O)(=O)N2CCN(c3ccccc3OC)CC2)cc1. The van der Waals surface area contributed by atoms with Crippen molar-refractivity contribution in [2.24, 2.45) is 0 Å². The van der Waals surface area contributed by atoms with Crippen LogP contribution in [0.15, 0.2) is 58.3 Å². The van der Waals surface area contributed by atoms with Crippen LogP contribution in [0, 0.1) is 0 Å². The van der Waals surface area contributed by atoms with E-state index < -0.39 is 20.0 Å². The monoisotopic (exact) mass is 467 g/mol. The highest BCUT2D eigenvalue weighted by Crippen LogP contribution is 2.29. The fourth-order valence-corrected chi connectivity index (χ4v) is 6.59. The molecule has 0 aliphatic carbocycles. The first-order valence-corrected chi connectivity index (χ1v) is 13.1. The van der Waals surface area contributed by atoms with Gasteiger partial charge in [0.05, 0.1) is 22.6 Å². The van der Waals surface area contributed by atoms with Crippen molar-refractivity contribution in [3.8, 4) is 5.75 Å². The van der Waals surface area contributed by atoms with E-state index in [1.807, 2.05) is 24.3 Å². The Labute approximate surface area is 185 Å². The van der Waals surface area contributed by atoms with Gasteiger partial charge in [-0.15, -0.1) is 0 Å². The van der Waals surface area contributed by atoms with E-state index in [9.17, 15) is 16.8 Å². The molecule has 10 heteroatoms. The van der Waals surface area contributed by atoms with E-state index in [0.29, 0.717) is 39.3 Å². The maximum Gasteiger partial charge on any atom is 0.243 e. The summed E-state index contributed by atoms with van der Waals surface area (Å²) in [4.78, 5) is 2.29. The Morgan fingerprint density at radius 3 is 1.94 bits per heavy atom. The number of anilines is 1. The number of ether oxygens (including phenoxy) is 1. The van der Waals surface area contributed by atoms with Gasteiger partial charge in [0.1, 0.15) is 5.75 Å². The Hall–Kier alpha value is -2.14. The number of hydrogen-bond acceptors (Lipinski definition) is 6. The number of nitrogens with zero attached hydrogens (tertiary/aromatic N) is 3. The minimum absolute atomic E-state index is 0.0936. The lowest BCUT2D eigenvalue weighted by Crippen LogP contribution is -2.48. The van der Waals surface area contributed by atoms with Crippen LogP contribution in [0.2, 0.25) is 0 Å². The van der Waals surface area contributed by atoms with E-state index in [2.05, 4.69) is 4.90 Å². The van der Waals surface area contributed by atoms with Crippen LogP contribution in [0.4, 0.5) is 5.69 Å². The highest BCUT2D eigenvalue weighted by Gasteiger charge is 2.30. The predicted molar refractivity (Wildman–Crippen MR) is 121 cm³/mol. The van der Waals surface area contributed by atoms with Crippen LogP contribution in [0.5, 0.6) is 5.75 Å². The van der Waals surface area contributed by atoms with Gasteiger partial charge in [-0.1, -0.05) is 26.0 Å². The molecule has 1 saturated heterocycles. The van der Waals surface area contributed by atoms with E-state index in [1.165, 1.54) is 32.9 Å². The smallest absolute Gasteiger partial charge is 0.243 e. The molecule has 0 radical (unpaired) electrons. The van der Waals surface area contributed by atoms with Crippen molar-refractivity contribution in [3.63, 3.8) is 0 Å². The van der Waals surface area contributed by atoms with Crippen LogP contribution >= 0.6 is 0 Å². The van der Waals surface area contributed by atoms with E-state index in [4.69, 9.17) is 4.74 Å². The summed E-state index contributed by atoms with van der Waals surface area (Å²) in [6, 6.07) is 13.1. The summed E-state index contributed by atoms with van der Waals surface area (Å²) in [5, 5.41) is 0. The molecule has 3 rings (SSSR count). The predicted octanol–water partition coefficient (Wildman–Crippen LogP) is 2.24. The lowest BCUT2D eigenvalue weighted by molar-refractivity contribution is 0.378. The summed E-state index contributed by atoms with van der Waals surface area (Å²) in [5.41, 5.74) is 0.938. The first-order valence-electron chi connectivity index (χ1n) is 10.2. The van der Waals surface area contributed by atoms with Gasteiger partial charge in [0.15, 0.2) is 0 Å². The second-order valence-electron chi connectivity index (χ2n) is 7.12. The summed E-state index contributed by atoms with van der Waals surface area (Å²) in [5.74, 6) is 0.754. The highest BCUT2D eigenvalue weighted by molar-refractivity contribution is 7.89. The number of para-hydroxylation sites is 2. The molecular weight excluding hydrogens is 438 g/mol. The largest absolute Gasteiger partial charge is 0.495 e. The zero-order valence-electron chi connectivity index (χ0n) is 18.1. The quantitative estimate of drug-likeness (QED) is 0.592. The van der Waals surface area contributed by atoms with Gasteiger partial charge in [-0.3, -0.25) is 0 Å². The summed E-state index contributed by atoms with van der Waals surface area (Å²) in [6.07, 6.45) is 0. The van der Waals surface area contributed by atoms with Gasteiger partial charge >= 0.3 is 0 Å². The molecule has 0 bridgehead atoms. The highest BCUT2D eigenvalue weighted by atomic mass is 32.2. The van der Waals surface area contributed by atoms with E-state index in [1.54, 1.807) is 21.0 Å². The molecule has 1 fully saturated rings. The molecule has 1 aliphatic heterocycles. The van der Waals surface area contributed by atoms with Gasteiger partial charge in [0.25, 0.3) is 0 Å². The zero-order valence-corrected chi connectivity index (χ0v) is 19.7. The second-order valence-corrected chi connectivity index (χ2v) is 11.0. The van der Waals surface area contributed by atoms with E-state index in [0.717, 1.165) is 11.4 Å². The molecular formula is C21H29N3O5S2. The third-order valence-electron chi connectivity index (χ3n) is 5.47. The van der Waals surface area contributed by atoms with Gasteiger partial charge in [0.2, 0.25) is 20.0 Å². The van der Waals surface area contributed by atoms with Crippen molar-refractivity contribution in [2.45, 2.75) is 23.6 Å². The molecule has 1 heterocycles. The standard InChI is InChI=1S/C21H29N3O5S2/c1-4-23(5-2)30(25,26)18-10-12-19(13-11-18)31(27,28)24-16-14-22(15-17-24)20-8-6-7-9-21(20)29-3/h6-13H,4-5,14-17H2,1-3H3. The third kappa shape index (κ3) is 4.72. The van der Waals surface area contributed by atoms with Crippen molar-refractivity contribution >= 4 is 25.7 Å². The van der Waals surface area contributed by atoms with Crippen LogP contribution in [-0.4, -0.2) is 71.8 Å². The minimum atomic E-state index is -3.71. The van der Waals surface area contributed by atoms with Gasteiger partial charge in [-0.2, -0.15) is 8.61 Å². The van der Waals surface area contributed by atoms with Crippen LogP contribution < -0.4 is 9.64 Å². The summed E-state index contributed by atoms with van der Waals surface area (Å²) in [6.45, 7) is 5.99. The molecule has 0 N–H and O–H groups in total. The third-order valence-corrected chi connectivity index (χ3v) is 9.45. The molecule has 170 valence electrons. The van der Waals surface area contributed by atoms with E-state index >= 15 is 0 Å². The van der Waals surface area contributed by atoms with Crippen molar-refractivity contribution in [1.82, 2.24) is 8.61 Å². The summed E-state index contributed by atoms with van der Waals surface area (Å²) < 4.78 is 59.6. The number of hydrogen-bond donors (Lipinski definition) is 0. The topological polar surface area (TPSA) is 87.2 Å². The normalized spacial score (nSPS) is 15.9. The molecule has 0 aromatic heterocycles.